The first-order valence-electron chi connectivity index (χ1n) is 11.4. The third-order valence-corrected chi connectivity index (χ3v) is 7.20. The summed E-state index contributed by atoms with van der Waals surface area (Å²) in [5, 5.41) is 8.63. The van der Waals surface area contributed by atoms with E-state index in [0.717, 1.165) is 62.4 Å². The van der Waals surface area contributed by atoms with Crippen molar-refractivity contribution in [2.45, 2.75) is 51.1 Å². The number of likely N-dealkylation sites (tertiary alicyclic amines) is 1. The molecule has 176 valence electrons. The topological polar surface area (TPSA) is 60.0 Å². The van der Waals surface area contributed by atoms with E-state index in [4.69, 9.17) is 4.42 Å². The summed E-state index contributed by atoms with van der Waals surface area (Å²) in [6.45, 7) is 6.67. The predicted octanol–water partition coefficient (Wildman–Crippen LogP) is 4.70. The number of benzene rings is 1. The number of nitrogens with zero attached hydrogens (tertiary/aromatic N) is 5. The lowest BCUT2D eigenvalue weighted by Crippen LogP contribution is -2.27. The van der Waals surface area contributed by atoms with E-state index in [1.807, 2.05) is 25.5 Å². The van der Waals surface area contributed by atoms with Crippen LogP contribution in [0.15, 0.2) is 28.7 Å². The van der Waals surface area contributed by atoms with Crippen molar-refractivity contribution < 1.29 is 17.6 Å². The molecule has 1 aliphatic heterocycles. The zero-order chi connectivity index (χ0) is 23.4. The van der Waals surface area contributed by atoms with Crippen molar-refractivity contribution in [3.05, 3.63) is 52.8 Å². The molecule has 1 aromatic carbocycles. The molecular weight excluding hydrogens is 431 g/mol. The lowest BCUT2D eigenvalue weighted by molar-refractivity contribution is -0.137. The molecule has 6 nitrogen and oxygen atoms in total. The van der Waals surface area contributed by atoms with Gasteiger partial charge in [0.15, 0.2) is 11.7 Å². The Morgan fingerprint density at radius 1 is 1.12 bits per heavy atom. The monoisotopic (exact) mass is 459 g/mol. The molecule has 0 bridgehead atoms. The average Bonchev–Trinajstić information content (AvgIpc) is 3.00. The number of fused-ring (bicyclic) bond motifs is 1. The van der Waals surface area contributed by atoms with Crippen molar-refractivity contribution in [1.29, 1.82) is 0 Å². The molecule has 1 aliphatic carbocycles. The van der Waals surface area contributed by atoms with Crippen molar-refractivity contribution >= 4 is 0 Å². The molecule has 9 heteroatoms. The standard InChI is InChI=1S/C24H28F3N5O/c1-15-21(33-16(2)28-15)22-30-29-20(31(22)3)6-4-5-11-32-13-19-12-23(19,14-32)17-7-9-18(10-8-17)24(25,26)27/h7-10,19H,4-6,11-14H2,1-3H3/t19?,23-/m1/s1. The predicted molar refractivity (Wildman–Crippen MR) is 117 cm³/mol. The van der Waals surface area contributed by atoms with E-state index < -0.39 is 11.7 Å². The number of hydrogen-bond donors (Lipinski definition) is 0. The smallest absolute Gasteiger partial charge is 0.416 e. The van der Waals surface area contributed by atoms with E-state index in [1.165, 1.54) is 12.1 Å². The summed E-state index contributed by atoms with van der Waals surface area (Å²) < 4.78 is 46.2. The van der Waals surface area contributed by atoms with Gasteiger partial charge in [0.2, 0.25) is 5.82 Å². The van der Waals surface area contributed by atoms with Crippen LogP contribution < -0.4 is 0 Å². The van der Waals surface area contributed by atoms with Crippen LogP contribution in [0, 0.1) is 19.8 Å². The fourth-order valence-corrected chi connectivity index (χ4v) is 5.33. The SMILES string of the molecule is Cc1nc(C)c(-c2nnc(CCCCN3CC4C[C@]4(c4ccc(C(F)(F)F)cc4)C3)n2C)o1. The Hall–Kier alpha value is -2.68. The summed E-state index contributed by atoms with van der Waals surface area (Å²) in [7, 11) is 1.95. The van der Waals surface area contributed by atoms with E-state index in [9.17, 15) is 13.2 Å². The largest absolute Gasteiger partial charge is 0.437 e. The van der Waals surface area contributed by atoms with Crippen LogP contribution in [0.25, 0.3) is 11.6 Å². The first-order chi connectivity index (χ1) is 15.7. The van der Waals surface area contributed by atoms with Gasteiger partial charge in [0, 0.05) is 38.9 Å². The Bertz CT molecular complexity index is 1150. The zero-order valence-corrected chi connectivity index (χ0v) is 19.1. The number of alkyl halides is 3. The first kappa shape index (κ1) is 22.1. The molecule has 0 amide bonds. The Morgan fingerprint density at radius 3 is 2.55 bits per heavy atom. The van der Waals surface area contributed by atoms with Crippen molar-refractivity contribution in [2.75, 3.05) is 19.6 Å². The minimum atomic E-state index is -4.28. The molecule has 0 spiro atoms. The molecule has 2 aromatic heterocycles. The van der Waals surface area contributed by atoms with Crippen molar-refractivity contribution in [2.24, 2.45) is 13.0 Å². The average molecular weight is 460 g/mol. The van der Waals surface area contributed by atoms with Crippen LogP contribution in [0.2, 0.25) is 0 Å². The fourth-order valence-electron chi connectivity index (χ4n) is 5.33. The maximum atomic E-state index is 12.9. The molecule has 2 fully saturated rings. The highest BCUT2D eigenvalue weighted by Gasteiger charge is 2.60. The van der Waals surface area contributed by atoms with Gasteiger partial charge in [-0.25, -0.2) is 4.98 Å². The number of aryl methyl sites for hydroxylation is 3. The summed E-state index contributed by atoms with van der Waals surface area (Å²) in [5.41, 5.74) is 1.34. The van der Waals surface area contributed by atoms with E-state index in [1.54, 1.807) is 12.1 Å². The number of unbranched alkanes of at least 4 members (excludes halogenated alkanes) is 1. The normalized spacial score (nSPS) is 22.7. The van der Waals surface area contributed by atoms with Crippen molar-refractivity contribution in [3.63, 3.8) is 0 Å². The molecule has 0 radical (unpaired) electrons. The molecule has 1 saturated heterocycles. The van der Waals surface area contributed by atoms with Gasteiger partial charge in [-0.15, -0.1) is 10.2 Å². The van der Waals surface area contributed by atoms with Crippen LogP contribution in [0.3, 0.4) is 0 Å². The number of piperidine rings is 1. The molecule has 1 unspecified atom stereocenters. The van der Waals surface area contributed by atoms with Gasteiger partial charge in [-0.05, 0) is 56.3 Å². The van der Waals surface area contributed by atoms with Crippen LogP contribution in [-0.2, 0) is 25.1 Å². The maximum absolute atomic E-state index is 12.9. The fraction of sp³-hybridized carbons (Fsp3) is 0.542. The summed E-state index contributed by atoms with van der Waals surface area (Å²) >= 11 is 0. The summed E-state index contributed by atoms with van der Waals surface area (Å²) in [6, 6.07) is 5.79. The van der Waals surface area contributed by atoms with Gasteiger partial charge in [-0.3, -0.25) is 0 Å². The number of aromatic nitrogens is 4. The number of hydrogen-bond acceptors (Lipinski definition) is 5. The molecule has 5 rings (SSSR count). The second-order valence-electron chi connectivity index (χ2n) is 9.47. The first-order valence-corrected chi connectivity index (χ1v) is 11.4. The van der Waals surface area contributed by atoms with Gasteiger partial charge in [-0.2, -0.15) is 13.2 Å². The Balaban J connectivity index is 1.13. The highest BCUT2D eigenvalue weighted by atomic mass is 19.4. The number of oxazole rings is 1. The molecule has 1 saturated carbocycles. The molecule has 3 heterocycles. The molecule has 33 heavy (non-hydrogen) atoms. The van der Waals surface area contributed by atoms with E-state index in [-0.39, 0.29) is 5.41 Å². The van der Waals surface area contributed by atoms with Crippen molar-refractivity contribution in [3.8, 4) is 11.6 Å². The van der Waals surface area contributed by atoms with Crippen LogP contribution in [0.4, 0.5) is 13.2 Å². The van der Waals surface area contributed by atoms with Gasteiger partial charge in [-0.1, -0.05) is 12.1 Å². The van der Waals surface area contributed by atoms with Crippen LogP contribution in [-0.4, -0.2) is 44.3 Å². The minimum Gasteiger partial charge on any atom is -0.437 e. The minimum absolute atomic E-state index is 0.0513. The van der Waals surface area contributed by atoms with Gasteiger partial charge in [0.1, 0.15) is 5.82 Å². The van der Waals surface area contributed by atoms with E-state index in [0.29, 0.717) is 23.4 Å². The number of halogens is 3. The van der Waals surface area contributed by atoms with Crippen molar-refractivity contribution in [1.82, 2.24) is 24.6 Å². The third-order valence-electron chi connectivity index (χ3n) is 7.20. The van der Waals surface area contributed by atoms with Gasteiger partial charge in [0.25, 0.3) is 0 Å². The highest BCUT2D eigenvalue weighted by Crippen LogP contribution is 2.59. The second kappa shape index (κ2) is 7.97. The van der Waals surface area contributed by atoms with E-state index >= 15 is 0 Å². The number of rotatable bonds is 7. The molecule has 2 atom stereocenters. The Labute approximate surface area is 190 Å². The quantitative estimate of drug-likeness (QED) is 0.479. The summed E-state index contributed by atoms with van der Waals surface area (Å²) in [6.07, 6.45) is -0.335. The molecular formula is C24H28F3N5O. The summed E-state index contributed by atoms with van der Waals surface area (Å²) in [5.74, 6) is 3.46. The molecule has 3 aromatic rings. The van der Waals surface area contributed by atoms with Crippen LogP contribution >= 0.6 is 0 Å². The Kier molecular flexibility index (Phi) is 5.34. The lowest BCUT2D eigenvalue weighted by Gasteiger charge is -2.21. The Morgan fingerprint density at radius 2 is 1.88 bits per heavy atom. The highest BCUT2D eigenvalue weighted by molar-refractivity contribution is 5.50. The van der Waals surface area contributed by atoms with Crippen LogP contribution in [0.5, 0.6) is 0 Å². The summed E-state index contributed by atoms with van der Waals surface area (Å²) in [4.78, 5) is 6.76. The lowest BCUT2D eigenvalue weighted by atomic mass is 9.94. The van der Waals surface area contributed by atoms with Gasteiger partial charge >= 0.3 is 6.18 Å². The molecule has 0 N–H and O–H groups in total. The third kappa shape index (κ3) is 4.07. The van der Waals surface area contributed by atoms with Gasteiger partial charge in [0.05, 0.1) is 11.3 Å². The maximum Gasteiger partial charge on any atom is 0.416 e. The zero-order valence-electron chi connectivity index (χ0n) is 19.1. The van der Waals surface area contributed by atoms with E-state index in [2.05, 4.69) is 20.1 Å². The second-order valence-corrected chi connectivity index (χ2v) is 9.47. The van der Waals surface area contributed by atoms with Crippen LogP contribution in [0.1, 0.15) is 47.8 Å². The van der Waals surface area contributed by atoms with Gasteiger partial charge < -0.3 is 13.9 Å². The molecule has 2 aliphatic rings.